The largest absolute Gasteiger partial charge is 0.393 e. The van der Waals surface area contributed by atoms with Crippen molar-refractivity contribution in [1.29, 1.82) is 0 Å². The summed E-state index contributed by atoms with van der Waals surface area (Å²) in [5.74, 6) is -0.562. The predicted molar refractivity (Wildman–Crippen MR) is 93.3 cm³/mol. The predicted octanol–water partition coefficient (Wildman–Crippen LogP) is 4.00. The number of nitro benzene ring substituents is 1. The van der Waals surface area contributed by atoms with Gasteiger partial charge in [0.05, 0.1) is 22.5 Å². The number of nitrogen functional groups attached to an aromatic ring is 1. The van der Waals surface area contributed by atoms with Crippen molar-refractivity contribution in [1.82, 2.24) is 9.97 Å². The van der Waals surface area contributed by atoms with Gasteiger partial charge in [-0.05, 0) is 36.4 Å². The van der Waals surface area contributed by atoms with Crippen LogP contribution >= 0.6 is 11.8 Å². The molecule has 2 heterocycles. The van der Waals surface area contributed by atoms with Gasteiger partial charge in [-0.15, -0.1) is 0 Å². The van der Waals surface area contributed by atoms with Gasteiger partial charge < -0.3 is 11.1 Å². The minimum atomic E-state index is -0.562. The van der Waals surface area contributed by atoms with Crippen LogP contribution in [0.5, 0.6) is 0 Å². The quantitative estimate of drug-likeness (QED) is 0.307. The highest BCUT2D eigenvalue weighted by molar-refractivity contribution is 7.99. The first-order valence-corrected chi connectivity index (χ1v) is 7.90. The minimum Gasteiger partial charge on any atom is -0.393 e. The van der Waals surface area contributed by atoms with E-state index in [2.05, 4.69) is 15.3 Å². The van der Waals surface area contributed by atoms with Crippen molar-refractivity contribution in [2.24, 2.45) is 0 Å². The van der Waals surface area contributed by atoms with Gasteiger partial charge in [-0.1, -0.05) is 11.8 Å². The molecule has 0 amide bonds. The Labute approximate surface area is 146 Å². The van der Waals surface area contributed by atoms with Gasteiger partial charge in [-0.2, -0.15) is 4.39 Å². The number of rotatable bonds is 5. The summed E-state index contributed by atoms with van der Waals surface area (Å²) < 4.78 is 12.9. The van der Waals surface area contributed by atoms with Crippen LogP contribution in [0, 0.1) is 16.1 Å². The molecule has 3 N–H and O–H groups in total. The van der Waals surface area contributed by atoms with E-state index in [0.29, 0.717) is 21.3 Å². The van der Waals surface area contributed by atoms with Crippen LogP contribution in [0.15, 0.2) is 64.8 Å². The van der Waals surface area contributed by atoms with Gasteiger partial charge in [0, 0.05) is 17.2 Å². The fourth-order valence-corrected chi connectivity index (χ4v) is 2.93. The molecular weight excluding hydrogens is 345 g/mol. The molecule has 0 aliphatic carbocycles. The lowest BCUT2D eigenvalue weighted by Gasteiger charge is -2.10. The van der Waals surface area contributed by atoms with Gasteiger partial charge in [-0.25, -0.2) is 9.97 Å². The number of benzene rings is 1. The van der Waals surface area contributed by atoms with Crippen molar-refractivity contribution < 1.29 is 9.31 Å². The van der Waals surface area contributed by atoms with E-state index in [0.717, 1.165) is 0 Å². The number of aromatic nitrogens is 2. The fourth-order valence-electron chi connectivity index (χ4n) is 2.05. The monoisotopic (exact) mass is 357 g/mol. The minimum absolute atomic E-state index is 0.0863. The van der Waals surface area contributed by atoms with E-state index >= 15 is 0 Å². The van der Waals surface area contributed by atoms with E-state index in [4.69, 9.17) is 5.73 Å². The fraction of sp³-hybridized carbons (Fsp3) is 0. The van der Waals surface area contributed by atoms with Crippen molar-refractivity contribution >= 4 is 34.5 Å². The highest BCUT2D eigenvalue weighted by atomic mass is 32.2. The lowest BCUT2D eigenvalue weighted by molar-refractivity contribution is -0.383. The lowest BCUT2D eigenvalue weighted by Crippen LogP contribution is -1.97. The van der Waals surface area contributed by atoms with Crippen molar-refractivity contribution in [2.45, 2.75) is 9.92 Å². The summed E-state index contributed by atoms with van der Waals surface area (Å²) in [7, 11) is 0. The first-order chi connectivity index (χ1) is 12.0. The molecule has 3 aromatic rings. The van der Waals surface area contributed by atoms with Crippen LogP contribution in [0.2, 0.25) is 0 Å². The number of nitrogens with one attached hydrogen (secondary N) is 1. The van der Waals surface area contributed by atoms with Crippen LogP contribution in [0.3, 0.4) is 0 Å². The molecule has 0 atom stereocenters. The number of halogens is 1. The number of hydrogen-bond acceptors (Lipinski definition) is 7. The van der Waals surface area contributed by atoms with Crippen LogP contribution < -0.4 is 11.1 Å². The standard InChI is InChI=1S/C16H12FN5O2S/c17-15-6-3-10(9-20-15)21-13-2-1-7-19-16(13)25-11-4-5-14(22(23)24)12(18)8-11/h1-9,21H,18H2. The second-order valence-corrected chi connectivity index (χ2v) is 5.99. The Morgan fingerprint density at radius 2 is 2.04 bits per heavy atom. The van der Waals surface area contributed by atoms with Crippen LogP contribution in [0.4, 0.5) is 27.1 Å². The van der Waals surface area contributed by atoms with Gasteiger partial charge >= 0.3 is 0 Å². The zero-order chi connectivity index (χ0) is 17.8. The topological polar surface area (TPSA) is 107 Å². The number of hydrogen-bond donors (Lipinski definition) is 2. The van der Waals surface area contributed by atoms with Gasteiger partial charge in [0.15, 0.2) is 0 Å². The Bertz CT molecular complexity index is 921. The summed E-state index contributed by atoms with van der Waals surface area (Å²) in [4.78, 5) is 18.9. The summed E-state index contributed by atoms with van der Waals surface area (Å²) in [6.45, 7) is 0. The molecule has 9 heteroatoms. The van der Waals surface area contributed by atoms with Crippen molar-refractivity contribution in [3.63, 3.8) is 0 Å². The SMILES string of the molecule is Nc1cc(Sc2ncccc2Nc2ccc(F)nc2)ccc1[N+](=O)[O-]. The molecule has 0 radical (unpaired) electrons. The molecule has 0 unspecified atom stereocenters. The smallest absolute Gasteiger partial charge is 0.292 e. The number of nitrogens with zero attached hydrogens (tertiary/aromatic N) is 3. The van der Waals surface area contributed by atoms with Crippen molar-refractivity contribution in [3.8, 4) is 0 Å². The number of nitro groups is 1. The average Bonchev–Trinajstić information content (AvgIpc) is 2.58. The third-order valence-corrected chi connectivity index (χ3v) is 4.20. The number of nitrogens with two attached hydrogens (primary N) is 1. The molecule has 1 aromatic carbocycles. The molecular formula is C16H12FN5O2S. The van der Waals surface area contributed by atoms with Crippen LogP contribution in [0.25, 0.3) is 0 Å². The molecule has 2 aromatic heterocycles. The Kier molecular flexibility index (Phi) is 4.75. The first-order valence-electron chi connectivity index (χ1n) is 7.08. The molecule has 0 aliphatic rings. The van der Waals surface area contributed by atoms with E-state index in [-0.39, 0.29) is 11.4 Å². The highest BCUT2D eigenvalue weighted by Crippen LogP contribution is 2.35. The second kappa shape index (κ2) is 7.14. The molecule has 0 fully saturated rings. The van der Waals surface area contributed by atoms with E-state index in [9.17, 15) is 14.5 Å². The first kappa shape index (κ1) is 16.7. The third-order valence-electron chi connectivity index (χ3n) is 3.19. The van der Waals surface area contributed by atoms with Gasteiger partial charge in [0.25, 0.3) is 5.69 Å². The molecule has 126 valence electrons. The van der Waals surface area contributed by atoms with Crippen LogP contribution in [-0.4, -0.2) is 14.9 Å². The maximum Gasteiger partial charge on any atom is 0.292 e. The lowest BCUT2D eigenvalue weighted by atomic mass is 10.3. The zero-order valence-electron chi connectivity index (χ0n) is 12.7. The summed E-state index contributed by atoms with van der Waals surface area (Å²) in [6.07, 6.45) is 3.01. The van der Waals surface area contributed by atoms with Crippen LogP contribution in [0.1, 0.15) is 0 Å². The Morgan fingerprint density at radius 3 is 2.72 bits per heavy atom. The van der Waals surface area contributed by atoms with Crippen molar-refractivity contribution in [3.05, 3.63) is 70.9 Å². The highest BCUT2D eigenvalue weighted by Gasteiger charge is 2.13. The number of anilines is 3. The molecule has 0 aliphatic heterocycles. The Hall–Kier alpha value is -3.20. The van der Waals surface area contributed by atoms with Gasteiger partial charge in [0.2, 0.25) is 5.95 Å². The summed E-state index contributed by atoms with van der Waals surface area (Å²) in [5.41, 5.74) is 6.97. The second-order valence-electron chi connectivity index (χ2n) is 4.93. The molecule has 0 spiro atoms. The molecule has 25 heavy (non-hydrogen) atoms. The van der Waals surface area contributed by atoms with E-state index in [1.165, 1.54) is 36.2 Å². The normalized spacial score (nSPS) is 10.4. The third kappa shape index (κ3) is 4.01. The number of pyridine rings is 2. The maximum absolute atomic E-state index is 12.9. The van der Waals surface area contributed by atoms with E-state index in [1.54, 1.807) is 24.4 Å². The summed E-state index contributed by atoms with van der Waals surface area (Å²) in [5, 5.41) is 14.6. The molecule has 0 saturated heterocycles. The van der Waals surface area contributed by atoms with Crippen LogP contribution in [-0.2, 0) is 0 Å². The molecule has 0 saturated carbocycles. The summed E-state index contributed by atoms with van der Waals surface area (Å²) in [6, 6.07) is 10.9. The average molecular weight is 357 g/mol. The molecule has 3 rings (SSSR count). The van der Waals surface area contributed by atoms with E-state index < -0.39 is 10.9 Å². The van der Waals surface area contributed by atoms with E-state index in [1.807, 2.05) is 6.07 Å². The summed E-state index contributed by atoms with van der Waals surface area (Å²) >= 11 is 1.30. The molecule has 0 bridgehead atoms. The Morgan fingerprint density at radius 1 is 1.20 bits per heavy atom. The van der Waals surface area contributed by atoms with Crippen molar-refractivity contribution in [2.75, 3.05) is 11.1 Å². The van der Waals surface area contributed by atoms with Gasteiger partial charge in [-0.3, -0.25) is 10.1 Å². The molecule has 7 nitrogen and oxygen atoms in total. The Balaban J connectivity index is 1.85. The maximum atomic E-state index is 12.9. The van der Waals surface area contributed by atoms with Gasteiger partial charge in [0.1, 0.15) is 10.7 Å². The zero-order valence-corrected chi connectivity index (χ0v) is 13.5.